The first kappa shape index (κ1) is 22.1. The lowest BCUT2D eigenvalue weighted by atomic mass is 10.1. The van der Waals surface area contributed by atoms with E-state index in [9.17, 15) is 4.79 Å². The molecule has 1 fully saturated rings. The van der Waals surface area contributed by atoms with Crippen LogP contribution >= 0.6 is 11.6 Å². The Kier molecular flexibility index (Phi) is 5.79. The third kappa shape index (κ3) is 4.52. The summed E-state index contributed by atoms with van der Waals surface area (Å²) in [6.07, 6.45) is 6.50. The van der Waals surface area contributed by atoms with Crippen LogP contribution < -0.4 is 4.74 Å². The molecule has 0 spiro atoms. The Labute approximate surface area is 202 Å². The van der Waals surface area contributed by atoms with Crippen molar-refractivity contribution in [1.82, 2.24) is 19.5 Å². The van der Waals surface area contributed by atoms with Crippen LogP contribution in [0.5, 0.6) is 5.88 Å². The molecule has 1 saturated carbocycles. The molecule has 0 atom stereocenters. The van der Waals surface area contributed by atoms with E-state index in [1.165, 1.54) is 19.5 Å². The standard InChI is InChI=1S/C26H23ClN4O3/c1-26(12-13-26)34-25-22-24(28-16-29-25)31(15-18-6-4-3-5-7-18)23(30-22)19-10-8-17(14-20(19)27)9-11-21(32)33-2/h3-11,14,16H,12-13,15H2,1-2H3/b11-9+. The average molecular weight is 475 g/mol. The van der Waals surface area contributed by atoms with Gasteiger partial charge in [0.05, 0.1) is 18.7 Å². The van der Waals surface area contributed by atoms with Crippen molar-refractivity contribution in [2.24, 2.45) is 0 Å². The molecule has 172 valence electrons. The Bertz CT molecular complexity index is 1390. The second-order valence-corrected chi connectivity index (χ2v) is 8.91. The number of fused-ring (bicyclic) bond motifs is 1. The van der Waals surface area contributed by atoms with Crippen LogP contribution in [0.1, 0.15) is 30.9 Å². The van der Waals surface area contributed by atoms with Gasteiger partial charge in [0.15, 0.2) is 11.2 Å². The predicted molar refractivity (Wildman–Crippen MR) is 131 cm³/mol. The van der Waals surface area contributed by atoms with Crippen LogP contribution in [-0.2, 0) is 16.1 Å². The van der Waals surface area contributed by atoms with Crippen molar-refractivity contribution in [2.45, 2.75) is 31.9 Å². The topological polar surface area (TPSA) is 79.1 Å². The Morgan fingerprint density at radius 3 is 2.68 bits per heavy atom. The molecule has 2 aromatic heterocycles. The number of benzene rings is 2. The Balaban J connectivity index is 1.62. The highest BCUT2D eigenvalue weighted by molar-refractivity contribution is 6.33. The minimum atomic E-state index is -0.430. The van der Waals surface area contributed by atoms with Crippen LogP contribution in [0.15, 0.2) is 60.9 Å². The van der Waals surface area contributed by atoms with Gasteiger partial charge < -0.3 is 14.0 Å². The van der Waals surface area contributed by atoms with E-state index in [1.807, 2.05) is 34.9 Å². The van der Waals surface area contributed by atoms with E-state index in [0.29, 0.717) is 34.4 Å². The quantitative estimate of drug-likeness (QED) is 0.266. The number of esters is 1. The number of hydrogen-bond donors (Lipinski definition) is 0. The van der Waals surface area contributed by atoms with Crippen LogP contribution in [0.2, 0.25) is 5.02 Å². The SMILES string of the molecule is COC(=O)/C=C/c1ccc(-c2nc3c(OC4(C)CC4)ncnc3n2Cc2ccccc2)c(Cl)c1. The van der Waals surface area contributed by atoms with Crippen molar-refractivity contribution in [2.75, 3.05) is 7.11 Å². The fourth-order valence-electron chi connectivity index (χ4n) is 3.67. The number of aromatic nitrogens is 4. The zero-order valence-corrected chi connectivity index (χ0v) is 19.6. The smallest absolute Gasteiger partial charge is 0.330 e. The monoisotopic (exact) mass is 474 g/mol. The van der Waals surface area contributed by atoms with Crippen molar-refractivity contribution in [3.8, 4) is 17.3 Å². The van der Waals surface area contributed by atoms with Gasteiger partial charge in [-0.2, -0.15) is 4.98 Å². The molecule has 7 nitrogen and oxygen atoms in total. The van der Waals surface area contributed by atoms with Crippen LogP contribution in [0.3, 0.4) is 0 Å². The minimum absolute atomic E-state index is 0.198. The Morgan fingerprint density at radius 1 is 1.18 bits per heavy atom. The van der Waals surface area contributed by atoms with E-state index in [4.69, 9.17) is 21.3 Å². The van der Waals surface area contributed by atoms with Crippen LogP contribution in [0, 0.1) is 0 Å². The number of imidazole rings is 1. The number of carbonyl (C=O) groups excluding carboxylic acids is 1. The molecule has 0 bridgehead atoms. The lowest BCUT2D eigenvalue weighted by molar-refractivity contribution is -0.134. The maximum atomic E-state index is 11.4. The number of ether oxygens (including phenoxy) is 2. The normalized spacial score (nSPS) is 14.4. The van der Waals surface area contributed by atoms with E-state index >= 15 is 0 Å². The van der Waals surface area contributed by atoms with Gasteiger partial charge in [0.1, 0.15) is 17.8 Å². The molecule has 2 aromatic carbocycles. The first-order chi connectivity index (χ1) is 16.5. The highest BCUT2D eigenvalue weighted by Crippen LogP contribution is 2.41. The molecule has 1 aliphatic rings. The van der Waals surface area contributed by atoms with Crippen molar-refractivity contribution < 1.29 is 14.3 Å². The summed E-state index contributed by atoms with van der Waals surface area (Å²) in [4.78, 5) is 25.3. The largest absolute Gasteiger partial charge is 0.470 e. The Hall–Kier alpha value is -3.71. The zero-order valence-electron chi connectivity index (χ0n) is 18.9. The molecule has 0 amide bonds. The van der Waals surface area contributed by atoms with Gasteiger partial charge in [0, 0.05) is 11.6 Å². The summed E-state index contributed by atoms with van der Waals surface area (Å²) in [6.45, 7) is 2.63. The summed E-state index contributed by atoms with van der Waals surface area (Å²) in [6, 6.07) is 15.7. The predicted octanol–water partition coefficient (Wildman–Crippen LogP) is 5.31. The maximum absolute atomic E-state index is 11.4. The molecule has 8 heteroatoms. The number of methoxy groups -OCH3 is 1. The summed E-state index contributed by atoms with van der Waals surface area (Å²) < 4.78 is 12.9. The number of rotatable bonds is 7. The van der Waals surface area contributed by atoms with Crippen LogP contribution in [0.4, 0.5) is 0 Å². The lowest BCUT2D eigenvalue weighted by Gasteiger charge is -2.12. The van der Waals surface area contributed by atoms with Crippen molar-refractivity contribution >= 4 is 34.8 Å². The highest BCUT2D eigenvalue weighted by Gasteiger charge is 2.41. The van der Waals surface area contributed by atoms with E-state index < -0.39 is 5.97 Å². The third-order valence-electron chi connectivity index (χ3n) is 5.83. The summed E-state index contributed by atoms with van der Waals surface area (Å²) in [5.41, 5.74) is 3.71. The number of hydrogen-bond acceptors (Lipinski definition) is 6. The molecule has 0 aliphatic heterocycles. The molecular weight excluding hydrogens is 452 g/mol. The third-order valence-corrected chi connectivity index (χ3v) is 6.14. The van der Waals surface area contributed by atoms with Gasteiger partial charge in [-0.1, -0.05) is 48.0 Å². The minimum Gasteiger partial charge on any atom is -0.470 e. The molecular formula is C26H23ClN4O3. The molecule has 0 saturated heterocycles. The number of halogens is 1. The van der Waals surface area contributed by atoms with E-state index in [1.54, 1.807) is 12.1 Å². The fourth-order valence-corrected chi connectivity index (χ4v) is 3.95. The molecule has 4 aromatic rings. The molecule has 1 aliphatic carbocycles. The summed E-state index contributed by atoms with van der Waals surface area (Å²) in [5.74, 6) is 0.714. The first-order valence-corrected chi connectivity index (χ1v) is 11.3. The van der Waals surface area contributed by atoms with Gasteiger partial charge in [-0.05, 0) is 49.1 Å². The molecule has 0 unspecified atom stereocenters. The van der Waals surface area contributed by atoms with Crippen molar-refractivity contribution in [3.05, 3.63) is 77.1 Å². The number of nitrogens with zero attached hydrogens (tertiary/aromatic N) is 4. The fraction of sp³-hybridized carbons (Fsp3) is 0.231. The molecule has 2 heterocycles. The molecule has 0 N–H and O–H groups in total. The average Bonchev–Trinajstić information content (AvgIpc) is 3.46. The summed E-state index contributed by atoms with van der Waals surface area (Å²) in [5, 5.41) is 0.501. The van der Waals surface area contributed by atoms with Crippen LogP contribution in [0.25, 0.3) is 28.6 Å². The second kappa shape index (κ2) is 8.91. The van der Waals surface area contributed by atoms with Gasteiger partial charge in [-0.3, -0.25) is 0 Å². The van der Waals surface area contributed by atoms with Crippen LogP contribution in [-0.4, -0.2) is 38.2 Å². The second-order valence-electron chi connectivity index (χ2n) is 8.51. The lowest BCUT2D eigenvalue weighted by Crippen LogP contribution is -2.13. The molecule has 34 heavy (non-hydrogen) atoms. The van der Waals surface area contributed by atoms with E-state index in [-0.39, 0.29) is 5.60 Å². The van der Waals surface area contributed by atoms with E-state index in [0.717, 1.165) is 29.5 Å². The molecule has 5 rings (SSSR count). The van der Waals surface area contributed by atoms with Gasteiger partial charge in [-0.25, -0.2) is 14.8 Å². The van der Waals surface area contributed by atoms with Gasteiger partial charge in [0.25, 0.3) is 0 Å². The maximum Gasteiger partial charge on any atom is 0.330 e. The zero-order chi connectivity index (χ0) is 23.7. The van der Waals surface area contributed by atoms with E-state index in [2.05, 4.69) is 33.8 Å². The van der Waals surface area contributed by atoms with Gasteiger partial charge >= 0.3 is 5.97 Å². The number of carbonyl (C=O) groups is 1. The van der Waals surface area contributed by atoms with Gasteiger partial charge in [0.2, 0.25) is 5.88 Å². The highest BCUT2D eigenvalue weighted by atomic mass is 35.5. The summed E-state index contributed by atoms with van der Waals surface area (Å²) >= 11 is 6.70. The summed E-state index contributed by atoms with van der Waals surface area (Å²) in [7, 11) is 1.34. The first-order valence-electron chi connectivity index (χ1n) is 11.0. The Morgan fingerprint density at radius 2 is 1.97 bits per heavy atom. The van der Waals surface area contributed by atoms with Crippen molar-refractivity contribution in [3.63, 3.8) is 0 Å². The van der Waals surface area contributed by atoms with Gasteiger partial charge in [-0.15, -0.1) is 0 Å². The van der Waals surface area contributed by atoms with Crippen molar-refractivity contribution in [1.29, 1.82) is 0 Å². The molecule has 0 radical (unpaired) electrons.